The summed E-state index contributed by atoms with van der Waals surface area (Å²) >= 11 is 1.47. The maximum atomic E-state index is 13.7. The summed E-state index contributed by atoms with van der Waals surface area (Å²) in [5.74, 6) is -1.65. The Morgan fingerprint density at radius 2 is 1.06 bits per heavy atom. The van der Waals surface area contributed by atoms with E-state index in [1.807, 2.05) is 35.9 Å². The molecule has 0 radical (unpaired) electrons. The molecule has 1 heterocycles. The maximum absolute atomic E-state index is 13.7. The van der Waals surface area contributed by atoms with E-state index in [0.29, 0.717) is 117 Å². The maximum Gasteiger partial charge on any atom is 0.342 e. The van der Waals surface area contributed by atoms with Crippen molar-refractivity contribution in [3.8, 4) is 34.5 Å². The van der Waals surface area contributed by atoms with Crippen LogP contribution in [0.5, 0.6) is 34.5 Å². The summed E-state index contributed by atoms with van der Waals surface area (Å²) in [5, 5.41) is 8.83. The molecule has 0 spiro atoms. The van der Waals surface area contributed by atoms with E-state index in [1.165, 1.54) is 17.6 Å². The zero-order valence-corrected chi connectivity index (χ0v) is 45.0. The molecule has 0 saturated heterocycles. The highest BCUT2D eigenvalue weighted by molar-refractivity contribution is 7.16. The van der Waals surface area contributed by atoms with Gasteiger partial charge in [0.2, 0.25) is 4.80 Å². The van der Waals surface area contributed by atoms with Crippen molar-refractivity contribution in [2.24, 2.45) is 40.9 Å². The van der Waals surface area contributed by atoms with Crippen LogP contribution in [0.4, 0.5) is 0 Å². The molecule has 2 fully saturated rings. The Labute approximate surface area is 457 Å². The van der Waals surface area contributed by atoms with E-state index in [4.69, 9.17) is 38.0 Å². The molecule has 414 valence electrons. The number of thiazole rings is 1. The van der Waals surface area contributed by atoms with Crippen LogP contribution in [0.3, 0.4) is 0 Å². The van der Waals surface area contributed by atoms with Gasteiger partial charge in [0, 0.05) is 25.1 Å². The zero-order valence-electron chi connectivity index (χ0n) is 44.1. The van der Waals surface area contributed by atoms with Gasteiger partial charge in [-0.15, -0.1) is 5.10 Å². The summed E-state index contributed by atoms with van der Waals surface area (Å²) in [6.45, 7) is 6.68. The Kier molecular flexibility index (Phi) is 22.6. The predicted molar refractivity (Wildman–Crippen MR) is 289 cm³/mol. The lowest BCUT2D eigenvalue weighted by Gasteiger charge is -2.26. The second-order valence-corrected chi connectivity index (χ2v) is 20.0. The third-order valence-corrected chi connectivity index (χ3v) is 14.5. The molecule has 0 N–H and O–H groups in total. The molecular formula is C59H67N3O15S. The molecule has 19 heteroatoms. The Morgan fingerprint density at radius 3 is 1.60 bits per heavy atom. The van der Waals surface area contributed by atoms with Crippen molar-refractivity contribution in [2.75, 3.05) is 26.4 Å². The molecule has 2 aliphatic carbocycles. The van der Waals surface area contributed by atoms with Crippen molar-refractivity contribution >= 4 is 63.6 Å². The van der Waals surface area contributed by atoms with Gasteiger partial charge in [-0.1, -0.05) is 37.0 Å². The third kappa shape index (κ3) is 18.0. The number of aromatic nitrogens is 1. The Bertz CT molecular complexity index is 2910. The summed E-state index contributed by atoms with van der Waals surface area (Å²) in [5.41, 5.74) is 1.36. The number of hydrogen-bond acceptors (Lipinski definition) is 18. The lowest BCUT2D eigenvalue weighted by molar-refractivity contribution is -0.272. The first kappa shape index (κ1) is 58.1. The van der Waals surface area contributed by atoms with Crippen LogP contribution in [0.2, 0.25) is 0 Å². The quantitative estimate of drug-likeness (QED) is 0.00909. The second-order valence-electron chi connectivity index (χ2n) is 19.0. The van der Waals surface area contributed by atoms with Crippen LogP contribution in [-0.4, -0.2) is 73.0 Å². The molecule has 2 aliphatic rings. The van der Waals surface area contributed by atoms with E-state index in [9.17, 15) is 28.8 Å². The number of hydrogen-bond donors (Lipinski definition) is 0. The minimum Gasteiger partial charge on any atom is -0.494 e. The van der Waals surface area contributed by atoms with E-state index in [-0.39, 0.29) is 48.3 Å². The molecule has 0 atom stereocenters. The van der Waals surface area contributed by atoms with Gasteiger partial charge in [0.15, 0.2) is 0 Å². The van der Waals surface area contributed by atoms with Crippen LogP contribution in [0, 0.1) is 23.7 Å². The van der Waals surface area contributed by atoms with Crippen LogP contribution >= 0.6 is 11.3 Å². The molecule has 1 aromatic heterocycles. The molecule has 0 aliphatic heterocycles. The molecule has 5 aromatic rings. The second kappa shape index (κ2) is 30.3. The lowest BCUT2D eigenvalue weighted by Crippen LogP contribution is -2.30. The van der Waals surface area contributed by atoms with E-state index in [1.54, 1.807) is 73.7 Å². The summed E-state index contributed by atoms with van der Waals surface area (Å²) in [7, 11) is 1.90. The fourth-order valence-electron chi connectivity index (χ4n) is 8.83. The van der Waals surface area contributed by atoms with Gasteiger partial charge in [-0.3, -0.25) is 24.1 Å². The number of para-hydroxylation sites is 1. The summed E-state index contributed by atoms with van der Waals surface area (Å²) in [4.78, 5) is 86.0. The first-order valence-electron chi connectivity index (χ1n) is 26.7. The molecule has 2 saturated carbocycles. The van der Waals surface area contributed by atoms with Crippen molar-refractivity contribution in [3.05, 3.63) is 114 Å². The lowest BCUT2D eigenvalue weighted by atomic mass is 9.82. The van der Waals surface area contributed by atoms with E-state index >= 15 is 0 Å². The first-order chi connectivity index (χ1) is 38.0. The van der Waals surface area contributed by atoms with Crippen molar-refractivity contribution in [3.63, 3.8) is 0 Å². The van der Waals surface area contributed by atoms with Crippen LogP contribution in [0.15, 0.2) is 114 Å². The van der Waals surface area contributed by atoms with E-state index in [2.05, 4.69) is 21.7 Å². The highest BCUT2D eigenvalue weighted by Crippen LogP contribution is 2.35. The monoisotopic (exact) mass is 1090 g/mol. The van der Waals surface area contributed by atoms with Gasteiger partial charge in [0.05, 0.1) is 66.5 Å². The minimum absolute atomic E-state index is 0.203. The van der Waals surface area contributed by atoms with Gasteiger partial charge in [0.1, 0.15) is 34.5 Å². The number of unbranched alkanes of at least 4 members (excludes halogenated alkanes) is 4. The summed E-state index contributed by atoms with van der Waals surface area (Å²) in [6, 6.07) is 26.3. The topological polar surface area (TPSA) is 215 Å². The van der Waals surface area contributed by atoms with Crippen molar-refractivity contribution < 1.29 is 71.7 Å². The van der Waals surface area contributed by atoms with Crippen LogP contribution in [0.25, 0.3) is 10.2 Å². The van der Waals surface area contributed by atoms with Crippen LogP contribution in [0.1, 0.15) is 109 Å². The van der Waals surface area contributed by atoms with Gasteiger partial charge >= 0.3 is 35.8 Å². The molecule has 18 nitrogen and oxygen atoms in total. The predicted octanol–water partition coefficient (Wildman–Crippen LogP) is 10.5. The number of nitrogens with zero attached hydrogens (tertiary/aromatic N) is 3. The molecule has 0 unspecified atom stereocenters. The fraction of sp³-hybridized carbons (Fsp3) is 0.424. The number of rotatable bonds is 27. The average molecular weight is 1090 g/mol. The van der Waals surface area contributed by atoms with Crippen molar-refractivity contribution in [1.29, 1.82) is 0 Å². The molecule has 78 heavy (non-hydrogen) atoms. The molecule has 7 rings (SSSR count). The van der Waals surface area contributed by atoms with Crippen molar-refractivity contribution in [1.82, 2.24) is 4.57 Å². The average Bonchev–Trinajstić information content (AvgIpc) is 3.78. The number of carbonyl (C=O) groups is 6. The molecule has 4 aromatic carbocycles. The Morgan fingerprint density at radius 1 is 0.590 bits per heavy atom. The molecule has 0 amide bonds. The number of ether oxygens (including phenoxy) is 7. The van der Waals surface area contributed by atoms with E-state index in [0.717, 1.165) is 42.0 Å². The van der Waals surface area contributed by atoms with Crippen LogP contribution < -0.4 is 33.2 Å². The standard InChI is InChI=1S/C59H67N3O15S/c1-4-53(63)71-36-11-7-6-10-34-69-45-24-28-47(29-25-45)74-56(66)41-20-22-43(23-21-41)58(68)76-51-33-32-49(38-44(51)39-60-61-59-62(3)50-14-8-9-15-52(50)78-59)75-57(67)42-18-16-40(17-19-42)55(65)73-48-30-26-46(27-31-48)70-35-12-13-37-72-77-54(64)5-2/h4,8-9,14-15,24-33,38-43H,1,5-7,10-13,16-23,34-37H2,2-3H3/b60-39+,61-59+. The van der Waals surface area contributed by atoms with Gasteiger partial charge < -0.3 is 37.7 Å². The largest absolute Gasteiger partial charge is 0.494 e. The minimum atomic E-state index is -0.466. The third-order valence-electron chi connectivity index (χ3n) is 13.4. The van der Waals surface area contributed by atoms with Gasteiger partial charge in [0.25, 0.3) is 0 Å². The number of esters is 5. The van der Waals surface area contributed by atoms with Crippen molar-refractivity contribution in [2.45, 2.75) is 103 Å². The normalized spacial score (nSPS) is 17.4. The first-order valence-corrected chi connectivity index (χ1v) is 27.5. The number of fused-ring (bicyclic) bond motifs is 1. The number of carbonyl (C=O) groups excluding carboxylic acids is 6. The number of aryl methyl sites for hydroxylation is 1. The Hall–Kier alpha value is -7.64. The van der Waals surface area contributed by atoms with E-state index < -0.39 is 35.7 Å². The molecule has 0 bridgehead atoms. The summed E-state index contributed by atoms with van der Waals surface area (Å²) in [6.07, 6.45) is 11.1. The van der Waals surface area contributed by atoms with Crippen LogP contribution in [-0.2, 0) is 50.3 Å². The zero-order chi connectivity index (χ0) is 55.1. The fourth-order valence-corrected chi connectivity index (χ4v) is 9.80. The van der Waals surface area contributed by atoms with Gasteiger partial charge in [-0.05, 0) is 169 Å². The smallest absolute Gasteiger partial charge is 0.342 e. The van der Waals surface area contributed by atoms with Gasteiger partial charge in [-0.2, -0.15) is 9.99 Å². The molecular weight excluding hydrogens is 1020 g/mol. The highest BCUT2D eigenvalue weighted by Gasteiger charge is 2.34. The Balaban J connectivity index is 0.877. The SMILES string of the molecule is C=CC(=O)OCCCCCCOc1ccc(OC(=O)C2CCC(C(=O)Oc3ccc(OC(=O)C4CCC(C(=O)Oc5ccc(OCCCCOOC(=O)CC)cc5)CC4)cc3/C=N/N=c3/sc4ccccc4n3C)CC2)cc1. The highest BCUT2D eigenvalue weighted by atomic mass is 32.1. The number of benzene rings is 4. The summed E-state index contributed by atoms with van der Waals surface area (Å²) < 4.78 is 42.8. The van der Waals surface area contributed by atoms with Gasteiger partial charge in [-0.25, -0.2) is 9.59 Å².